The minimum atomic E-state index is -0.653. The van der Waals surface area contributed by atoms with E-state index in [-0.39, 0.29) is 11.5 Å². The second-order valence-corrected chi connectivity index (χ2v) is 5.33. The van der Waals surface area contributed by atoms with E-state index in [9.17, 15) is 9.90 Å². The van der Waals surface area contributed by atoms with Crippen LogP contribution in [0.2, 0.25) is 0 Å². The van der Waals surface area contributed by atoms with Gasteiger partial charge in [-0.2, -0.15) is 0 Å². The molecule has 5 heteroatoms. The molecule has 0 unspecified atom stereocenters. The summed E-state index contributed by atoms with van der Waals surface area (Å²) in [4.78, 5) is 13.4. The molecule has 0 saturated heterocycles. The average Bonchev–Trinajstić information content (AvgIpc) is 2.58. The molecule has 1 heterocycles. The Morgan fingerprint density at radius 1 is 1.26 bits per heavy atom. The Morgan fingerprint density at radius 2 is 1.89 bits per heavy atom. The minimum absolute atomic E-state index is 0.240. The SMILES string of the molecule is CC(C)(C)Oc1ccc(Cc2[nH]c(=O)oc2O)cc1. The molecule has 2 aromatic rings. The number of hydrogen-bond acceptors (Lipinski definition) is 4. The number of hydrogen-bond donors (Lipinski definition) is 2. The largest absolute Gasteiger partial charge is 0.488 e. The molecule has 0 aliphatic rings. The van der Waals surface area contributed by atoms with Gasteiger partial charge < -0.3 is 14.3 Å². The van der Waals surface area contributed by atoms with Crippen LogP contribution in [0.15, 0.2) is 33.5 Å². The van der Waals surface area contributed by atoms with Crippen molar-refractivity contribution in [1.29, 1.82) is 0 Å². The minimum Gasteiger partial charge on any atom is -0.488 e. The van der Waals surface area contributed by atoms with E-state index in [2.05, 4.69) is 9.40 Å². The van der Waals surface area contributed by atoms with Gasteiger partial charge in [-0.15, -0.1) is 0 Å². The molecule has 2 rings (SSSR count). The average molecular weight is 263 g/mol. The number of aromatic nitrogens is 1. The lowest BCUT2D eigenvalue weighted by atomic mass is 10.1. The first-order valence-electron chi connectivity index (χ1n) is 6.02. The Hall–Kier alpha value is -2.17. The lowest BCUT2D eigenvalue weighted by Crippen LogP contribution is -2.22. The molecule has 0 aliphatic heterocycles. The zero-order chi connectivity index (χ0) is 14.0. The summed E-state index contributed by atoms with van der Waals surface area (Å²) in [5.41, 5.74) is 1.07. The zero-order valence-corrected chi connectivity index (χ0v) is 11.2. The number of H-pyrrole nitrogens is 1. The maximum atomic E-state index is 10.9. The van der Waals surface area contributed by atoms with Crippen molar-refractivity contribution >= 4 is 0 Å². The van der Waals surface area contributed by atoms with Crippen molar-refractivity contribution in [2.45, 2.75) is 32.8 Å². The number of rotatable bonds is 3. The summed E-state index contributed by atoms with van der Waals surface area (Å²) < 4.78 is 10.2. The number of aromatic amines is 1. The fourth-order valence-corrected chi connectivity index (χ4v) is 1.70. The third-order valence-corrected chi connectivity index (χ3v) is 2.43. The molecule has 0 aliphatic carbocycles. The zero-order valence-electron chi connectivity index (χ0n) is 11.2. The third kappa shape index (κ3) is 3.64. The second kappa shape index (κ2) is 4.84. The Labute approximate surface area is 110 Å². The van der Waals surface area contributed by atoms with Crippen LogP contribution in [0.4, 0.5) is 0 Å². The van der Waals surface area contributed by atoms with Crippen LogP contribution in [-0.2, 0) is 6.42 Å². The summed E-state index contributed by atoms with van der Waals surface area (Å²) in [5.74, 6) is -0.235. The number of ether oxygens (including phenoxy) is 1. The van der Waals surface area contributed by atoms with Crippen LogP contribution >= 0.6 is 0 Å². The predicted molar refractivity (Wildman–Crippen MR) is 70.6 cm³/mol. The maximum Gasteiger partial charge on any atom is 0.419 e. The summed E-state index contributed by atoms with van der Waals surface area (Å²) in [7, 11) is 0. The van der Waals surface area contributed by atoms with Gasteiger partial charge in [0.25, 0.3) is 0 Å². The van der Waals surface area contributed by atoms with Crippen molar-refractivity contribution in [1.82, 2.24) is 4.98 Å². The van der Waals surface area contributed by atoms with Crippen LogP contribution in [0.1, 0.15) is 32.0 Å². The fourth-order valence-electron chi connectivity index (χ4n) is 1.70. The molecule has 0 bridgehead atoms. The van der Waals surface area contributed by atoms with Crippen LogP contribution in [0.25, 0.3) is 0 Å². The normalized spacial score (nSPS) is 11.5. The van der Waals surface area contributed by atoms with E-state index in [0.717, 1.165) is 11.3 Å². The lowest BCUT2D eigenvalue weighted by Gasteiger charge is -2.21. The molecule has 102 valence electrons. The number of aromatic hydroxyl groups is 1. The highest BCUT2D eigenvalue weighted by Gasteiger charge is 2.12. The summed E-state index contributed by atoms with van der Waals surface area (Å²) in [5, 5.41) is 9.38. The Morgan fingerprint density at radius 3 is 2.37 bits per heavy atom. The Balaban J connectivity index is 2.11. The maximum absolute atomic E-state index is 10.9. The number of benzene rings is 1. The van der Waals surface area contributed by atoms with E-state index in [1.807, 2.05) is 45.0 Å². The molecule has 2 N–H and O–H groups in total. The molecule has 19 heavy (non-hydrogen) atoms. The second-order valence-electron chi connectivity index (χ2n) is 5.33. The monoisotopic (exact) mass is 263 g/mol. The lowest BCUT2D eigenvalue weighted by molar-refractivity contribution is 0.131. The van der Waals surface area contributed by atoms with Gasteiger partial charge >= 0.3 is 11.7 Å². The summed E-state index contributed by atoms with van der Waals surface area (Å²) >= 11 is 0. The predicted octanol–water partition coefficient (Wildman–Crippen LogP) is 2.44. The van der Waals surface area contributed by atoms with E-state index in [1.165, 1.54) is 0 Å². The summed E-state index contributed by atoms with van der Waals surface area (Å²) in [6.07, 6.45) is 0.396. The van der Waals surface area contributed by atoms with Crippen molar-refractivity contribution in [2.24, 2.45) is 0 Å². The molecular weight excluding hydrogens is 246 g/mol. The van der Waals surface area contributed by atoms with Crippen LogP contribution in [-0.4, -0.2) is 15.7 Å². The highest BCUT2D eigenvalue weighted by Crippen LogP contribution is 2.21. The van der Waals surface area contributed by atoms with Gasteiger partial charge in [-0.3, -0.25) is 4.98 Å². The van der Waals surface area contributed by atoms with Crippen LogP contribution in [0, 0.1) is 0 Å². The van der Waals surface area contributed by atoms with Gasteiger partial charge in [0.15, 0.2) is 0 Å². The summed E-state index contributed by atoms with van der Waals surface area (Å²) in [6.45, 7) is 5.94. The topological polar surface area (TPSA) is 75.5 Å². The smallest absolute Gasteiger partial charge is 0.419 e. The van der Waals surface area contributed by atoms with Crippen LogP contribution < -0.4 is 10.5 Å². The molecule has 5 nitrogen and oxygen atoms in total. The van der Waals surface area contributed by atoms with Crippen molar-refractivity contribution in [3.8, 4) is 11.7 Å². The molecule has 0 amide bonds. The van der Waals surface area contributed by atoms with E-state index in [1.54, 1.807) is 0 Å². The first-order valence-corrected chi connectivity index (χ1v) is 6.02. The van der Waals surface area contributed by atoms with Crippen LogP contribution in [0.3, 0.4) is 0 Å². The van der Waals surface area contributed by atoms with Crippen molar-refractivity contribution < 1.29 is 14.3 Å². The van der Waals surface area contributed by atoms with E-state index < -0.39 is 5.76 Å². The molecule has 1 aromatic heterocycles. The van der Waals surface area contributed by atoms with Crippen LogP contribution in [0.5, 0.6) is 11.7 Å². The third-order valence-electron chi connectivity index (χ3n) is 2.43. The standard InChI is InChI=1S/C14H17NO4/c1-14(2,3)19-10-6-4-9(5-7-10)8-11-12(16)18-13(17)15-11/h4-7,16H,8H2,1-3H3,(H,15,17). The molecule has 0 saturated carbocycles. The highest BCUT2D eigenvalue weighted by molar-refractivity contribution is 5.31. The number of nitrogens with one attached hydrogen (secondary N) is 1. The van der Waals surface area contributed by atoms with Gasteiger partial charge in [0.2, 0.25) is 0 Å². The van der Waals surface area contributed by atoms with E-state index in [0.29, 0.717) is 12.1 Å². The quantitative estimate of drug-likeness (QED) is 0.891. The molecular formula is C14H17NO4. The van der Waals surface area contributed by atoms with Gasteiger partial charge in [-0.1, -0.05) is 12.1 Å². The Bertz CT molecular complexity index is 602. The molecule has 0 fully saturated rings. The van der Waals surface area contributed by atoms with E-state index >= 15 is 0 Å². The van der Waals surface area contributed by atoms with E-state index in [4.69, 9.17) is 4.74 Å². The summed E-state index contributed by atoms with van der Waals surface area (Å²) in [6, 6.07) is 7.48. The number of oxazole rings is 1. The molecule has 0 spiro atoms. The Kier molecular flexibility index (Phi) is 3.38. The van der Waals surface area contributed by atoms with Crippen molar-refractivity contribution in [2.75, 3.05) is 0 Å². The van der Waals surface area contributed by atoms with Gasteiger partial charge in [-0.05, 0) is 38.5 Å². The van der Waals surface area contributed by atoms with Crippen molar-refractivity contribution in [3.05, 3.63) is 46.1 Å². The van der Waals surface area contributed by atoms with Gasteiger partial charge in [0, 0.05) is 6.42 Å². The fraction of sp³-hybridized carbons (Fsp3) is 0.357. The first kappa shape index (κ1) is 13.3. The van der Waals surface area contributed by atoms with Gasteiger partial charge in [0.05, 0.1) is 0 Å². The molecule has 1 aromatic carbocycles. The van der Waals surface area contributed by atoms with Crippen molar-refractivity contribution in [3.63, 3.8) is 0 Å². The van der Waals surface area contributed by atoms with Gasteiger partial charge in [-0.25, -0.2) is 4.79 Å². The highest BCUT2D eigenvalue weighted by atomic mass is 16.5. The molecule has 0 radical (unpaired) electrons. The first-order chi connectivity index (χ1) is 8.83. The molecule has 0 atom stereocenters. The van der Waals surface area contributed by atoms with Gasteiger partial charge in [0.1, 0.15) is 17.0 Å².